The topological polar surface area (TPSA) is 25.8 Å². The van der Waals surface area contributed by atoms with Gasteiger partial charge in [-0.05, 0) is 97.1 Å². The van der Waals surface area contributed by atoms with Crippen LogP contribution >= 0.6 is 0 Å². The molecule has 256 valence electrons. The summed E-state index contributed by atoms with van der Waals surface area (Å²) in [5.74, 6) is 0.715. The Balaban J connectivity index is 1.07. The molecule has 2 heteroatoms. The predicted molar refractivity (Wildman–Crippen MR) is 227 cm³/mol. The first-order valence-electron chi connectivity index (χ1n) is 18.8. The van der Waals surface area contributed by atoms with Crippen molar-refractivity contribution in [1.29, 1.82) is 0 Å². The summed E-state index contributed by atoms with van der Waals surface area (Å²) in [6.07, 6.45) is 9.90. The fourth-order valence-corrected chi connectivity index (χ4v) is 8.46. The summed E-state index contributed by atoms with van der Waals surface area (Å²) in [4.78, 5) is 10.5. The van der Waals surface area contributed by atoms with Crippen LogP contribution in [0.4, 0.5) is 0 Å². The Morgan fingerprint density at radius 2 is 0.963 bits per heavy atom. The van der Waals surface area contributed by atoms with Crippen molar-refractivity contribution >= 4 is 22.9 Å². The van der Waals surface area contributed by atoms with Crippen molar-refractivity contribution < 1.29 is 0 Å². The van der Waals surface area contributed by atoms with E-state index in [0.29, 0.717) is 5.82 Å². The van der Waals surface area contributed by atoms with Crippen molar-refractivity contribution in [2.45, 2.75) is 25.7 Å². The van der Waals surface area contributed by atoms with Gasteiger partial charge in [-0.3, -0.25) is 0 Å². The molecule has 0 unspecified atom stereocenters. The smallest absolute Gasteiger partial charge is 0.160 e. The predicted octanol–water partition coefficient (Wildman–Crippen LogP) is 13.7. The zero-order valence-electron chi connectivity index (χ0n) is 30.4. The lowest BCUT2D eigenvalue weighted by atomic mass is 9.81. The van der Waals surface area contributed by atoms with Crippen LogP contribution in [0.2, 0.25) is 0 Å². The Morgan fingerprint density at radius 1 is 0.407 bits per heavy atom. The van der Waals surface area contributed by atoms with Crippen LogP contribution in [0.1, 0.15) is 42.5 Å². The van der Waals surface area contributed by atoms with E-state index >= 15 is 0 Å². The van der Waals surface area contributed by atoms with Crippen molar-refractivity contribution in [3.05, 3.63) is 192 Å². The molecule has 54 heavy (non-hydrogen) atoms. The third-order valence-electron chi connectivity index (χ3n) is 11.3. The van der Waals surface area contributed by atoms with Gasteiger partial charge in [-0.2, -0.15) is 0 Å². The number of rotatable bonds is 5. The molecule has 0 radical (unpaired) electrons. The summed E-state index contributed by atoms with van der Waals surface area (Å²) < 4.78 is 0. The van der Waals surface area contributed by atoms with Crippen LogP contribution in [0, 0.1) is 0 Å². The minimum absolute atomic E-state index is 0.0315. The second-order valence-corrected chi connectivity index (χ2v) is 14.9. The molecule has 1 aromatic heterocycles. The highest BCUT2D eigenvalue weighted by atomic mass is 14.9. The molecule has 2 nitrogen and oxygen atoms in total. The summed E-state index contributed by atoms with van der Waals surface area (Å²) in [5.41, 5.74) is 17.7. The Bertz CT molecular complexity index is 2810. The Hall–Kier alpha value is -6.64. The molecule has 0 fully saturated rings. The normalized spacial score (nSPS) is 13.7. The number of nitrogens with zero attached hydrogens (tertiary/aromatic N) is 2. The molecule has 2 aliphatic rings. The third-order valence-corrected chi connectivity index (χ3v) is 11.3. The highest BCUT2D eigenvalue weighted by molar-refractivity contribution is 5.93. The van der Waals surface area contributed by atoms with Crippen molar-refractivity contribution in [3.8, 4) is 67.3 Å². The number of benzene rings is 7. The number of aromatic nitrogens is 2. The van der Waals surface area contributed by atoms with Gasteiger partial charge in [-0.1, -0.05) is 172 Å². The Morgan fingerprint density at radius 3 is 1.74 bits per heavy atom. The van der Waals surface area contributed by atoms with Gasteiger partial charge in [-0.15, -0.1) is 0 Å². The van der Waals surface area contributed by atoms with Crippen molar-refractivity contribution in [2.75, 3.05) is 0 Å². The van der Waals surface area contributed by atoms with Crippen molar-refractivity contribution in [3.63, 3.8) is 0 Å². The quantitative estimate of drug-likeness (QED) is 0.180. The molecular weight excluding hydrogens is 653 g/mol. The standard InChI is InChI=1S/C52H38N2/c1-52(2)47-21-13-12-20-44(47)45-27-26-39(32-48(45)52)37-22-23-38-31-40(25-24-36(38)30-37)51-53-49(35-16-8-4-9-17-35)33-50(54-51)46-29-28-41(34-14-6-3-7-15-34)42-18-10-5-11-19-43(42)46/h3-4,6-33H,5H2,1-2H3. The zero-order chi connectivity index (χ0) is 36.2. The molecule has 0 bridgehead atoms. The van der Waals surface area contributed by atoms with Crippen LogP contribution in [0.25, 0.3) is 90.2 Å². The fraction of sp³-hybridized carbons (Fsp3) is 0.0769. The number of fused-ring (bicyclic) bond motifs is 5. The largest absolute Gasteiger partial charge is 0.228 e. The van der Waals surface area contributed by atoms with E-state index in [0.717, 1.165) is 39.9 Å². The summed E-state index contributed by atoms with van der Waals surface area (Å²) in [7, 11) is 0. The van der Waals surface area contributed by atoms with E-state index in [1.165, 1.54) is 61.0 Å². The molecule has 0 saturated carbocycles. The van der Waals surface area contributed by atoms with Gasteiger partial charge in [0.25, 0.3) is 0 Å². The first-order chi connectivity index (χ1) is 26.5. The van der Waals surface area contributed by atoms with Crippen molar-refractivity contribution in [1.82, 2.24) is 9.97 Å². The van der Waals surface area contributed by atoms with Gasteiger partial charge >= 0.3 is 0 Å². The minimum Gasteiger partial charge on any atom is -0.228 e. The van der Waals surface area contributed by atoms with Crippen LogP contribution in [0.3, 0.4) is 0 Å². The van der Waals surface area contributed by atoms with Crippen LogP contribution in [-0.2, 0) is 5.41 Å². The van der Waals surface area contributed by atoms with Gasteiger partial charge in [0, 0.05) is 22.1 Å². The molecule has 0 atom stereocenters. The maximum absolute atomic E-state index is 5.31. The Kier molecular flexibility index (Phi) is 7.59. The first-order valence-corrected chi connectivity index (χ1v) is 18.8. The molecule has 1 heterocycles. The Labute approximate surface area is 316 Å². The van der Waals surface area contributed by atoms with E-state index in [2.05, 4.69) is 190 Å². The van der Waals surface area contributed by atoms with Crippen LogP contribution < -0.4 is 0 Å². The summed E-state index contributed by atoms with van der Waals surface area (Å²) in [5, 5.41) is 2.35. The minimum atomic E-state index is -0.0315. The lowest BCUT2D eigenvalue weighted by Crippen LogP contribution is -2.14. The summed E-state index contributed by atoms with van der Waals surface area (Å²) >= 11 is 0. The molecule has 0 N–H and O–H groups in total. The molecule has 10 rings (SSSR count). The second kappa shape index (κ2) is 12.8. The SMILES string of the molecule is CC1(C)c2ccccc2-c2ccc(-c3ccc4cc(-c5nc(-c6ccccc6)cc(-c6ccc(-c7ccccc7)c7c6C=CCC=C7)n5)ccc4c3)cc21. The van der Waals surface area contributed by atoms with Gasteiger partial charge in [0.05, 0.1) is 11.4 Å². The van der Waals surface area contributed by atoms with E-state index in [4.69, 9.17) is 9.97 Å². The lowest BCUT2D eigenvalue weighted by Gasteiger charge is -2.22. The van der Waals surface area contributed by atoms with Gasteiger partial charge in [0.1, 0.15) is 0 Å². The lowest BCUT2D eigenvalue weighted by molar-refractivity contribution is 0.660. The molecule has 2 aliphatic carbocycles. The van der Waals surface area contributed by atoms with Gasteiger partial charge in [0.15, 0.2) is 5.82 Å². The van der Waals surface area contributed by atoms with Crippen LogP contribution in [0.15, 0.2) is 170 Å². The maximum Gasteiger partial charge on any atom is 0.160 e. The molecule has 7 aromatic carbocycles. The number of hydrogen-bond donors (Lipinski definition) is 0. The van der Waals surface area contributed by atoms with E-state index in [1.54, 1.807) is 0 Å². The maximum atomic E-state index is 5.31. The van der Waals surface area contributed by atoms with E-state index < -0.39 is 0 Å². The van der Waals surface area contributed by atoms with Gasteiger partial charge < -0.3 is 0 Å². The van der Waals surface area contributed by atoms with Crippen LogP contribution in [0.5, 0.6) is 0 Å². The fourth-order valence-electron chi connectivity index (χ4n) is 8.46. The molecule has 0 aliphatic heterocycles. The molecule has 0 amide bonds. The average molecular weight is 691 g/mol. The van der Waals surface area contributed by atoms with Gasteiger partial charge in [0.2, 0.25) is 0 Å². The average Bonchev–Trinajstić information content (AvgIpc) is 3.35. The number of allylic oxidation sites excluding steroid dienone is 2. The van der Waals surface area contributed by atoms with Crippen molar-refractivity contribution in [2.24, 2.45) is 0 Å². The summed E-state index contributed by atoms with van der Waals surface area (Å²) in [6, 6.07) is 56.9. The van der Waals surface area contributed by atoms with E-state index in [1.807, 2.05) is 6.07 Å². The summed E-state index contributed by atoms with van der Waals surface area (Å²) in [6.45, 7) is 4.68. The second-order valence-electron chi connectivity index (χ2n) is 14.9. The molecule has 8 aromatic rings. The molecular formula is C52H38N2. The molecule has 0 saturated heterocycles. The third kappa shape index (κ3) is 5.42. The number of hydrogen-bond acceptors (Lipinski definition) is 2. The highest BCUT2D eigenvalue weighted by Crippen LogP contribution is 2.49. The molecule has 0 spiro atoms. The highest BCUT2D eigenvalue weighted by Gasteiger charge is 2.35. The monoisotopic (exact) mass is 690 g/mol. The van der Waals surface area contributed by atoms with E-state index in [9.17, 15) is 0 Å². The zero-order valence-corrected chi connectivity index (χ0v) is 30.4. The first kappa shape index (κ1) is 32.0. The van der Waals surface area contributed by atoms with E-state index in [-0.39, 0.29) is 5.41 Å². The van der Waals surface area contributed by atoms with Gasteiger partial charge in [-0.25, -0.2) is 9.97 Å². The van der Waals surface area contributed by atoms with Crippen LogP contribution in [-0.4, -0.2) is 9.97 Å².